The monoisotopic (exact) mass is 231 g/mol. The zero-order valence-corrected chi connectivity index (χ0v) is 9.89. The van der Waals surface area contributed by atoms with E-state index in [4.69, 9.17) is 0 Å². The molecular weight excluding hydrogens is 215 g/mol. The summed E-state index contributed by atoms with van der Waals surface area (Å²) in [5.41, 5.74) is -0.726. The van der Waals surface area contributed by atoms with E-state index in [2.05, 4.69) is 0 Å². The van der Waals surface area contributed by atoms with Crippen molar-refractivity contribution in [1.82, 2.24) is 0 Å². The highest BCUT2D eigenvalue weighted by Gasteiger charge is 2.35. The van der Waals surface area contributed by atoms with Gasteiger partial charge in [-0.1, -0.05) is 12.1 Å². The van der Waals surface area contributed by atoms with Crippen LogP contribution >= 0.6 is 0 Å². The summed E-state index contributed by atoms with van der Waals surface area (Å²) < 4.78 is 38.3. The Morgan fingerprint density at radius 3 is 1.94 bits per heavy atom. The van der Waals surface area contributed by atoms with E-state index in [1.165, 1.54) is 12.1 Å². The molecule has 0 spiro atoms. The molecule has 0 atom stereocenters. The van der Waals surface area contributed by atoms with E-state index in [0.29, 0.717) is 0 Å². The van der Waals surface area contributed by atoms with Crippen molar-refractivity contribution >= 4 is 5.69 Å². The summed E-state index contributed by atoms with van der Waals surface area (Å²) in [6.45, 7) is 5.63. The van der Waals surface area contributed by atoms with E-state index in [-0.39, 0.29) is 11.2 Å². The molecular formula is C12H16F3N. The van der Waals surface area contributed by atoms with Crippen molar-refractivity contribution in [1.29, 1.82) is 0 Å². The Hall–Kier alpha value is -1.19. The predicted molar refractivity (Wildman–Crippen MR) is 59.6 cm³/mol. The fourth-order valence-electron chi connectivity index (χ4n) is 1.37. The fraction of sp³-hybridized carbons (Fsp3) is 0.500. The van der Waals surface area contributed by atoms with Crippen molar-refractivity contribution < 1.29 is 13.2 Å². The molecule has 0 N–H and O–H groups in total. The van der Waals surface area contributed by atoms with Gasteiger partial charge in [0.05, 0.1) is 5.56 Å². The van der Waals surface area contributed by atoms with Gasteiger partial charge in [0.2, 0.25) is 0 Å². The maximum absolute atomic E-state index is 12.8. The minimum Gasteiger partial charge on any atom is -0.369 e. The van der Waals surface area contributed by atoms with Crippen LogP contribution in [-0.4, -0.2) is 12.6 Å². The van der Waals surface area contributed by atoms with Crippen molar-refractivity contribution in [2.75, 3.05) is 11.9 Å². The van der Waals surface area contributed by atoms with Crippen LogP contribution in [0.5, 0.6) is 0 Å². The van der Waals surface area contributed by atoms with Gasteiger partial charge in [0, 0.05) is 18.3 Å². The molecule has 1 aromatic carbocycles. The standard InChI is InChI=1S/C12H16F3N/c1-11(2,3)16(4)10-8-6-5-7-9(10)12(13,14)15/h5-8H,1-4H3. The molecule has 0 saturated heterocycles. The van der Waals surface area contributed by atoms with Gasteiger partial charge in [0.25, 0.3) is 0 Å². The van der Waals surface area contributed by atoms with Crippen LogP contribution < -0.4 is 4.90 Å². The summed E-state index contributed by atoms with van der Waals surface area (Å²) in [4.78, 5) is 1.63. The minimum atomic E-state index is -4.31. The molecule has 0 bridgehead atoms. The van der Waals surface area contributed by atoms with Crippen LogP contribution in [0.4, 0.5) is 18.9 Å². The summed E-state index contributed by atoms with van der Waals surface area (Å²) in [6.07, 6.45) is -4.31. The topological polar surface area (TPSA) is 3.24 Å². The van der Waals surface area contributed by atoms with Crippen LogP contribution in [-0.2, 0) is 6.18 Å². The lowest BCUT2D eigenvalue weighted by Crippen LogP contribution is -2.39. The van der Waals surface area contributed by atoms with Crippen molar-refractivity contribution in [3.05, 3.63) is 29.8 Å². The van der Waals surface area contributed by atoms with E-state index >= 15 is 0 Å². The Morgan fingerprint density at radius 2 is 1.50 bits per heavy atom. The summed E-state index contributed by atoms with van der Waals surface area (Å²) in [5.74, 6) is 0. The maximum Gasteiger partial charge on any atom is 0.418 e. The molecule has 0 aromatic heterocycles. The lowest BCUT2D eigenvalue weighted by Gasteiger charge is -2.35. The summed E-state index contributed by atoms with van der Waals surface area (Å²) in [6, 6.07) is 5.63. The SMILES string of the molecule is CN(c1ccccc1C(F)(F)F)C(C)(C)C. The molecule has 0 heterocycles. The van der Waals surface area contributed by atoms with E-state index in [1.54, 1.807) is 18.0 Å². The number of benzene rings is 1. The first-order valence-electron chi connectivity index (χ1n) is 5.04. The molecule has 1 nitrogen and oxygen atoms in total. The van der Waals surface area contributed by atoms with Crippen LogP contribution in [0.15, 0.2) is 24.3 Å². The first-order chi connectivity index (χ1) is 7.14. The molecule has 0 saturated carbocycles. The summed E-state index contributed by atoms with van der Waals surface area (Å²) in [7, 11) is 1.67. The molecule has 0 aliphatic carbocycles. The van der Waals surface area contributed by atoms with Crippen molar-refractivity contribution in [3.63, 3.8) is 0 Å². The van der Waals surface area contributed by atoms with Gasteiger partial charge >= 0.3 is 6.18 Å². The normalized spacial score (nSPS) is 12.7. The van der Waals surface area contributed by atoms with Gasteiger partial charge in [0.15, 0.2) is 0 Å². The highest BCUT2D eigenvalue weighted by Crippen LogP contribution is 2.37. The number of halogens is 3. The molecule has 0 radical (unpaired) electrons. The van der Waals surface area contributed by atoms with Crippen LogP contribution in [0, 0.1) is 0 Å². The number of nitrogens with zero attached hydrogens (tertiary/aromatic N) is 1. The molecule has 0 amide bonds. The van der Waals surface area contributed by atoms with Crippen LogP contribution in [0.25, 0.3) is 0 Å². The zero-order chi connectivity index (χ0) is 12.6. The van der Waals surface area contributed by atoms with Gasteiger partial charge in [0.1, 0.15) is 0 Å². The molecule has 1 rings (SSSR count). The molecule has 0 aliphatic rings. The first-order valence-corrected chi connectivity index (χ1v) is 5.04. The quantitative estimate of drug-likeness (QED) is 0.707. The molecule has 90 valence electrons. The lowest BCUT2D eigenvalue weighted by atomic mass is 10.0. The van der Waals surface area contributed by atoms with Crippen LogP contribution in [0.1, 0.15) is 26.3 Å². The maximum atomic E-state index is 12.8. The third-order valence-corrected chi connectivity index (χ3v) is 2.58. The molecule has 0 fully saturated rings. The van der Waals surface area contributed by atoms with E-state index in [9.17, 15) is 13.2 Å². The summed E-state index contributed by atoms with van der Waals surface area (Å²) in [5, 5.41) is 0. The second-order valence-corrected chi connectivity index (χ2v) is 4.74. The Bertz CT molecular complexity index is 363. The molecule has 4 heteroatoms. The number of para-hydroxylation sites is 1. The van der Waals surface area contributed by atoms with E-state index in [0.717, 1.165) is 6.07 Å². The Morgan fingerprint density at radius 1 is 1.00 bits per heavy atom. The first kappa shape index (κ1) is 12.9. The van der Waals surface area contributed by atoms with Gasteiger partial charge in [-0.25, -0.2) is 0 Å². The Kier molecular flexibility index (Phi) is 3.22. The molecule has 0 aliphatic heterocycles. The average molecular weight is 231 g/mol. The largest absolute Gasteiger partial charge is 0.418 e. The molecule has 16 heavy (non-hydrogen) atoms. The van der Waals surface area contributed by atoms with E-state index in [1.807, 2.05) is 20.8 Å². The lowest BCUT2D eigenvalue weighted by molar-refractivity contribution is -0.137. The van der Waals surface area contributed by atoms with Crippen LogP contribution in [0.2, 0.25) is 0 Å². The number of alkyl halides is 3. The van der Waals surface area contributed by atoms with Gasteiger partial charge in [-0.05, 0) is 32.9 Å². The zero-order valence-electron chi connectivity index (χ0n) is 9.89. The van der Waals surface area contributed by atoms with Crippen molar-refractivity contribution in [2.45, 2.75) is 32.5 Å². The second-order valence-electron chi connectivity index (χ2n) is 4.74. The van der Waals surface area contributed by atoms with Gasteiger partial charge in [-0.15, -0.1) is 0 Å². The van der Waals surface area contributed by atoms with Gasteiger partial charge in [-0.2, -0.15) is 13.2 Å². The molecule has 0 unspecified atom stereocenters. The van der Waals surface area contributed by atoms with E-state index < -0.39 is 11.7 Å². The number of anilines is 1. The smallest absolute Gasteiger partial charge is 0.369 e. The van der Waals surface area contributed by atoms with Gasteiger partial charge in [-0.3, -0.25) is 0 Å². The Labute approximate surface area is 93.9 Å². The second kappa shape index (κ2) is 4.00. The number of hydrogen-bond acceptors (Lipinski definition) is 1. The summed E-state index contributed by atoms with van der Waals surface area (Å²) >= 11 is 0. The minimum absolute atomic E-state index is 0.211. The molecule has 1 aromatic rings. The number of hydrogen-bond donors (Lipinski definition) is 0. The van der Waals surface area contributed by atoms with Crippen molar-refractivity contribution in [3.8, 4) is 0 Å². The predicted octanol–water partition coefficient (Wildman–Crippen LogP) is 3.94. The third-order valence-electron chi connectivity index (χ3n) is 2.58. The highest BCUT2D eigenvalue weighted by molar-refractivity contribution is 5.55. The van der Waals surface area contributed by atoms with Gasteiger partial charge < -0.3 is 4.90 Å². The average Bonchev–Trinajstić information content (AvgIpc) is 2.14. The number of rotatable bonds is 1. The highest BCUT2D eigenvalue weighted by atomic mass is 19.4. The Balaban J connectivity index is 3.25. The van der Waals surface area contributed by atoms with Crippen molar-refractivity contribution in [2.24, 2.45) is 0 Å². The fourth-order valence-corrected chi connectivity index (χ4v) is 1.37. The third kappa shape index (κ3) is 2.68. The van der Waals surface area contributed by atoms with Crippen LogP contribution in [0.3, 0.4) is 0 Å².